The van der Waals surface area contributed by atoms with Crippen molar-refractivity contribution in [2.24, 2.45) is 0 Å². The maximum Gasteiger partial charge on any atom is 0.416 e. The topological polar surface area (TPSA) is 58.7 Å². The lowest BCUT2D eigenvalue weighted by Gasteiger charge is -2.12. The molecule has 0 aliphatic carbocycles. The monoisotopic (exact) mass is 367 g/mol. The van der Waals surface area contributed by atoms with Crippen LogP contribution in [0, 0.1) is 11.3 Å². The van der Waals surface area contributed by atoms with Crippen molar-refractivity contribution in [1.82, 2.24) is 9.78 Å². The van der Waals surface area contributed by atoms with Crippen molar-refractivity contribution in [3.63, 3.8) is 0 Å². The lowest BCUT2D eigenvalue weighted by molar-refractivity contribution is -0.137. The number of carbonyl (C=O) groups is 1. The summed E-state index contributed by atoms with van der Waals surface area (Å²) in [6.07, 6.45) is -4.33. The van der Waals surface area contributed by atoms with Crippen molar-refractivity contribution in [2.75, 3.05) is 0 Å². The van der Waals surface area contributed by atoms with Crippen molar-refractivity contribution >= 4 is 41.1 Å². The fourth-order valence-corrected chi connectivity index (χ4v) is 2.58. The van der Waals surface area contributed by atoms with Gasteiger partial charge in [0.2, 0.25) is 0 Å². The molecule has 0 radical (unpaired) electrons. The molecule has 0 unspecified atom stereocenters. The van der Waals surface area contributed by atoms with Gasteiger partial charge in [-0.15, -0.1) is 0 Å². The molecule has 0 saturated carbocycles. The smallest absolute Gasteiger partial charge is 0.298 e. The molecule has 0 spiro atoms. The van der Waals surface area contributed by atoms with Gasteiger partial charge in [0.1, 0.15) is 16.9 Å². The Labute approximate surface area is 136 Å². The minimum absolute atomic E-state index is 0.161. The molecule has 4 nitrogen and oxygen atoms in total. The Kier molecular flexibility index (Phi) is 4.38. The summed E-state index contributed by atoms with van der Waals surface area (Å²) < 4.78 is 38.9. The van der Waals surface area contributed by atoms with Crippen LogP contribution in [0.4, 0.5) is 13.2 Å². The number of halogens is 6. The number of hydrogen-bond donors (Lipinski definition) is 0. The van der Waals surface area contributed by atoms with E-state index in [0.717, 1.165) is 4.68 Å². The van der Waals surface area contributed by atoms with E-state index in [1.807, 2.05) is 0 Å². The number of aromatic nitrogens is 2. The summed E-state index contributed by atoms with van der Waals surface area (Å²) in [5, 5.41) is 11.5. The number of rotatable bonds is 2. The molecule has 2 aromatic rings. The third-order valence-electron chi connectivity index (χ3n) is 2.64. The van der Waals surface area contributed by atoms with E-state index in [0.29, 0.717) is 18.4 Å². The molecule has 0 atom stereocenters. The Morgan fingerprint density at radius 2 is 1.77 bits per heavy atom. The SMILES string of the molecule is N#Cc1nn(-c2c(Cl)cc(C(F)(F)F)cc2Cl)c(Cl)c1C=O. The lowest BCUT2D eigenvalue weighted by atomic mass is 10.2. The predicted molar refractivity (Wildman–Crippen MR) is 73.7 cm³/mol. The molecular formula is C12H3Cl3F3N3O. The number of hydrogen-bond acceptors (Lipinski definition) is 3. The molecule has 0 aliphatic heterocycles. The molecule has 0 amide bonds. The highest BCUT2D eigenvalue weighted by Crippen LogP contribution is 2.38. The fourth-order valence-electron chi connectivity index (χ4n) is 1.68. The largest absolute Gasteiger partial charge is 0.416 e. The van der Waals surface area contributed by atoms with Crippen LogP contribution in [0.15, 0.2) is 12.1 Å². The summed E-state index contributed by atoms with van der Waals surface area (Å²) in [6, 6.07) is 2.93. The van der Waals surface area contributed by atoms with Crippen molar-refractivity contribution < 1.29 is 18.0 Å². The zero-order valence-corrected chi connectivity index (χ0v) is 12.5. The van der Waals surface area contributed by atoms with Gasteiger partial charge in [0.05, 0.1) is 21.2 Å². The first-order valence-electron chi connectivity index (χ1n) is 5.41. The first-order chi connectivity index (χ1) is 10.2. The summed E-state index contributed by atoms with van der Waals surface area (Å²) in [5.41, 5.74) is -1.72. The second-order valence-electron chi connectivity index (χ2n) is 3.98. The molecule has 0 bridgehead atoms. The van der Waals surface area contributed by atoms with Crippen molar-refractivity contribution in [3.05, 3.63) is 44.2 Å². The van der Waals surface area contributed by atoms with Crippen LogP contribution in [0.25, 0.3) is 5.69 Å². The van der Waals surface area contributed by atoms with Gasteiger partial charge in [0, 0.05) is 0 Å². The van der Waals surface area contributed by atoms with Crippen molar-refractivity contribution in [1.29, 1.82) is 5.26 Å². The first kappa shape index (κ1) is 16.6. The predicted octanol–water partition coefficient (Wildman–Crippen LogP) is 4.54. The van der Waals surface area contributed by atoms with Gasteiger partial charge >= 0.3 is 6.18 Å². The highest BCUT2D eigenvalue weighted by atomic mass is 35.5. The van der Waals surface area contributed by atoms with Crippen molar-refractivity contribution in [3.8, 4) is 11.8 Å². The van der Waals surface area contributed by atoms with E-state index in [4.69, 9.17) is 40.1 Å². The highest BCUT2D eigenvalue weighted by molar-refractivity contribution is 6.38. The zero-order valence-electron chi connectivity index (χ0n) is 10.2. The maximum absolute atomic E-state index is 12.7. The number of nitriles is 1. The third-order valence-corrected chi connectivity index (χ3v) is 3.58. The maximum atomic E-state index is 12.7. The van der Waals surface area contributed by atoms with Crippen LogP contribution in [0.3, 0.4) is 0 Å². The van der Waals surface area contributed by atoms with E-state index in [-0.39, 0.29) is 32.1 Å². The number of alkyl halides is 3. The summed E-state index contributed by atoms with van der Waals surface area (Å²) in [4.78, 5) is 10.9. The molecule has 0 N–H and O–H groups in total. The van der Waals surface area contributed by atoms with E-state index >= 15 is 0 Å². The van der Waals surface area contributed by atoms with Gasteiger partial charge in [0.25, 0.3) is 0 Å². The van der Waals surface area contributed by atoms with Crippen molar-refractivity contribution in [2.45, 2.75) is 6.18 Å². The number of carbonyl (C=O) groups excluding carboxylic acids is 1. The van der Waals surface area contributed by atoms with E-state index in [1.165, 1.54) is 0 Å². The van der Waals surface area contributed by atoms with Gasteiger partial charge < -0.3 is 0 Å². The Balaban J connectivity index is 2.72. The second kappa shape index (κ2) is 5.80. The van der Waals surface area contributed by atoms with Crippen LogP contribution < -0.4 is 0 Å². The molecule has 114 valence electrons. The van der Waals surface area contributed by atoms with Crippen LogP contribution in [-0.2, 0) is 6.18 Å². The number of nitrogens with zero attached hydrogens (tertiary/aromatic N) is 3. The van der Waals surface area contributed by atoms with Crippen LogP contribution in [0.1, 0.15) is 21.6 Å². The average molecular weight is 369 g/mol. The normalized spacial score (nSPS) is 11.3. The summed E-state index contributed by atoms with van der Waals surface area (Å²) in [7, 11) is 0. The second-order valence-corrected chi connectivity index (χ2v) is 5.15. The minimum atomic E-state index is -4.63. The lowest BCUT2D eigenvalue weighted by Crippen LogP contribution is -2.07. The van der Waals surface area contributed by atoms with E-state index in [9.17, 15) is 18.0 Å². The Bertz CT molecular complexity index is 785. The average Bonchev–Trinajstić information content (AvgIpc) is 2.73. The van der Waals surface area contributed by atoms with Crippen LogP contribution in [0.2, 0.25) is 15.2 Å². The minimum Gasteiger partial charge on any atom is -0.298 e. The molecule has 1 aromatic heterocycles. The van der Waals surface area contributed by atoms with Crippen LogP contribution in [-0.4, -0.2) is 16.1 Å². The molecular weight excluding hydrogens is 366 g/mol. The number of aldehydes is 1. The standard InChI is InChI=1S/C12H3Cl3F3N3O/c13-7-1-5(12(16,17)18)2-8(14)10(7)21-11(15)6(4-22)9(3-19)20-21/h1-2,4H. The Morgan fingerprint density at radius 3 is 2.14 bits per heavy atom. The zero-order chi connectivity index (χ0) is 16.7. The van der Waals surface area contributed by atoms with E-state index in [2.05, 4.69) is 5.10 Å². The molecule has 2 rings (SSSR count). The summed E-state index contributed by atoms with van der Waals surface area (Å²) in [5.74, 6) is 0. The molecule has 22 heavy (non-hydrogen) atoms. The summed E-state index contributed by atoms with van der Waals surface area (Å²) >= 11 is 17.5. The molecule has 0 saturated heterocycles. The first-order valence-corrected chi connectivity index (χ1v) is 6.54. The molecule has 1 heterocycles. The van der Waals surface area contributed by atoms with Gasteiger partial charge in [0.15, 0.2) is 12.0 Å². The van der Waals surface area contributed by atoms with Gasteiger partial charge in [-0.25, -0.2) is 4.68 Å². The third kappa shape index (κ3) is 2.77. The van der Waals surface area contributed by atoms with Gasteiger partial charge in [-0.2, -0.15) is 23.5 Å². The van der Waals surface area contributed by atoms with Crippen LogP contribution in [0.5, 0.6) is 0 Å². The van der Waals surface area contributed by atoms with Gasteiger partial charge in [-0.1, -0.05) is 34.8 Å². The molecule has 0 aliphatic rings. The van der Waals surface area contributed by atoms with Gasteiger partial charge in [-0.05, 0) is 12.1 Å². The Hall–Kier alpha value is -1.75. The van der Waals surface area contributed by atoms with Gasteiger partial charge in [-0.3, -0.25) is 4.79 Å². The molecule has 1 aromatic carbocycles. The molecule has 10 heteroatoms. The highest BCUT2D eigenvalue weighted by Gasteiger charge is 2.32. The Morgan fingerprint density at radius 1 is 1.23 bits per heavy atom. The fraction of sp³-hybridized carbons (Fsp3) is 0.0833. The van der Waals surface area contributed by atoms with E-state index < -0.39 is 11.7 Å². The quantitative estimate of drug-likeness (QED) is 0.732. The summed E-state index contributed by atoms with van der Waals surface area (Å²) in [6.45, 7) is 0. The van der Waals surface area contributed by atoms with E-state index in [1.54, 1.807) is 6.07 Å². The molecule has 0 fully saturated rings. The van der Waals surface area contributed by atoms with Crippen LogP contribution >= 0.6 is 34.8 Å². The number of benzene rings is 1.